The van der Waals surface area contributed by atoms with Crippen LogP contribution in [0.25, 0.3) is 5.69 Å². The van der Waals surface area contributed by atoms with Crippen molar-refractivity contribution in [3.8, 4) is 5.69 Å². The average Bonchev–Trinajstić information content (AvgIpc) is 3.53. The van der Waals surface area contributed by atoms with E-state index in [-0.39, 0.29) is 17.6 Å². The average molecular weight is 461 g/mol. The molecule has 0 fully saturated rings. The Balaban J connectivity index is 1.30. The summed E-state index contributed by atoms with van der Waals surface area (Å²) >= 11 is 1.36. The molecule has 0 spiro atoms. The highest BCUT2D eigenvalue weighted by atomic mass is 32.2. The van der Waals surface area contributed by atoms with Crippen LogP contribution in [-0.2, 0) is 17.9 Å². The second kappa shape index (κ2) is 10.7. The van der Waals surface area contributed by atoms with Gasteiger partial charge in [-0.2, -0.15) is 0 Å². The summed E-state index contributed by atoms with van der Waals surface area (Å²) in [7, 11) is 0. The normalized spacial score (nSPS) is 10.7. The van der Waals surface area contributed by atoms with Crippen LogP contribution in [0.2, 0.25) is 0 Å². The molecule has 7 nitrogen and oxygen atoms in total. The van der Waals surface area contributed by atoms with Crippen molar-refractivity contribution in [1.29, 1.82) is 0 Å². The van der Waals surface area contributed by atoms with E-state index < -0.39 is 0 Å². The maximum atomic E-state index is 12.3. The van der Waals surface area contributed by atoms with Crippen LogP contribution in [0.3, 0.4) is 0 Å². The second-order valence-electron chi connectivity index (χ2n) is 7.44. The zero-order chi connectivity index (χ0) is 23.0. The van der Waals surface area contributed by atoms with Gasteiger partial charge in [-0.1, -0.05) is 41.6 Å². The van der Waals surface area contributed by atoms with Gasteiger partial charge in [-0.25, -0.2) is 4.98 Å². The van der Waals surface area contributed by atoms with E-state index in [0.717, 1.165) is 11.3 Å². The third-order valence-electron chi connectivity index (χ3n) is 4.96. The van der Waals surface area contributed by atoms with Gasteiger partial charge in [0.05, 0.1) is 18.6 Å². The Hall–Kier alpha value is -3.78. The minimum atomic E-state index is -0.177. The zero-order valence-corrected chi connectivity index (χ0v) is 19.0. The molecule has 4 aromatic rings. The number of hydrogen-bond acceptors (Lipinski definition) is 5. The number of rotatable bonds is 9. The molecule has 2 amide bonds. The van der Waals surface area contributed by atoms with Crippen molar-refractivity contribution in [2.45, 2.75) is 25.2 Å². The Morgan fingerprint density at radius 1 is 1.00 bits per heavy atom. The number of imidazole rings is 1. The topological polar surface area (TPSA) is 89.2 Å². The van der Waals surface area contributed by atoms with Crippen molar-refractivity contribution in [2.75, 3.05) is 5.75 Å². The summed E-state index contributed by atoms with van der Waals surface area (Å²) in [6.07, 6.45) is 5.10. The largest absolute Gasteiger partial charge is 0.467 e. The number of benzene rings is 2. The van der Waals surface area contributed by atoms with Crippen molar-refractivity contribution in [3.63, 3.8) is 0 Å². The molecule has 2 aromatic heterocycles. The quantitative estimate of drug-likeness (QED) is 0.367. The first kappa shape index (κ1) is 22.4. The molecule has 4 rings (SSSR count). The van der Waals surface area contributed by atoms with Gasteiger partial charge in [0.15, 0.2) is 5.16 Å². The molecule has 33 heavy (non-hydrogen) atoms. The number of nitrogens with zero attached hydrogens (tertiary/aromatic N) is 2. The van der Waals surface area contributed by atoms with Gasteiger partial charge in [0, 0.05) is 30.2 Å². The first-order valence-electron chi connectivity index (χ1n) is 10.5. The van der Waals surface area contributed by atoms with Gasteiger partial charge >= 0.3 is 0 Å². The Morgan fingerprint density at radius 2 is 1.79 bits per heavy atom. The van der Waals surface area contributed by atoms with Gasteiger partial charge in [0.25, 0.3) is 5.91 Å². The number of amides is 2. The van der Waals surface area contributed by atoms with Crippen LogP contribution in [-0.4, -0.2) is 27.1 Å². The van der Waals surface area contributed by atoms with Crippen LogP contribution in [0.1, 0.15) is 27.2 Å². The number of nitrogens with one attached hydrogen (secondary N) is 2. The van der Waals surface area contributed by atoms with Crippen LogP contribution >= 0.6 is 11.8 Å². The van der Waals surface area contributed by atoms with Gasteiger partial charge in [0.1, 0.15) is 5.76 Å². The fourth-order valence-electron chi connectivity index (χ4n) is 3.14. The summed E-state index contributed by atoms with van der Waals surface area (Å²) in [6, 6.07) is 18.9. The maximum absolute atomic E-state index is 12.3. The smallest absolute Gasteiger partial charge is 0.251 e. The van der Waals surface area contributed by atoms with Crippen LogP contribution in [0.15, 0.2) is 88.9 Å². The van der Waals surface area contributed by atoms with Crippen LogP contribution in [0.4, 0.5) is 0 Å². The Morgan fingerprint density at radius 3 is 2.52 bits per heavy atom. The number of carbonyl (C=O) groups excluding carboxylic acids is 2. The van der Waals surface area contributed by atoms with Crippen molar-refractivity contribution >= 4 is 23.6 Å². The lowest BCUT2D eigenvalue weighted by Gasteiger charge is -2.09. The summed E-state index contributed by atoms with van der Waals surface area (Å²) < 4.78 is 7.12. The molecule has 2 N–H and O–H groups in total. The molecule has 2 aromatic carbocycles. The highest BCUT2D eigenvalue weighted by Gasteiger charge is 2.11. The molecule has 0 atom stereocenters. The number of aryl methyl sites for hydroxylation is 1. The monoisotopic (exact) mass is 460 g/mol. The van der Waals surface area contributed by atoms with E-state index in [1.165, 1.54) is 17.3 Å². The minimum Gasteiger partial charge on any atom is -0.467 e. The molecule has 0 bridgehead atoms. The van der Waals surface area contributed by atoms with E-state index in [1.807, 2.05) is 60.2 Å². The summed E-state index contributed by atoms with van der Waals surface area (Å²) in [5.41, 5.74) is 3.66. The number of thioether (sulfide) groups is 1. The Labute approximate surface area is 196 Å². The molecule has 168 valence electrons. The number of hydrogen-bond donors (Lipinski definition) is 2. The summed E-state index contributed by atoms with van der Waals surface area (Å²) in [4.78, 5) is 29.0. The van der Waals surface area contributed by atoms with Crippen LogP contribution in [0, 0.1) is 6.92 Å². The minimum absolute atomic E-state index is 0.0568. The van der Waals surface area contributed by atoms with E-state index in [9.17, 15) is 9.59 Å². The second-order valence-corrected chi connectivity index (χ2v) is 8.38. The molecule has 0 saturated carbocycles. The fourth-order valence-corrected chi connectivity index (χ4v) is 3.94. The van der Waals surface area contributed by atoms with Gasteiger partial charge in [-0.05, 0) is 48.9 Å². The fraction of sp³-hybridized carbons (Fsp3) is 0.160. The van der Waals surface area contributed by atoms with Gasteiger partial charge in [0.2, 0.25) is 5.91 Å². The SMILES string of the molecule is Cc1ccc(CNC(=O)CSc2nccn2-c2ccc(C(=O)NCc3ccco3)cc2)cc1. The van der Waals surface area contributed by atoms with Crippen molar-refractivity contribution in [3.05, 3.63) is 102 Å². The number of furan rings is 1. The lowest BCUT2D eigenvalue weighted by atomic mass is 10.1. The highest BCUT2D eigenvalue weighted by molar-refractivity contribution is 7.99. The third-order valence-corrected chi connectivity index (χ3v) is 5.93. The molecule has 0 aliphatic carbocycles. The Bertz CT molecular complexity index is 1200. The number of carbonyl (C=O) groups is 2. The molecular weight excluding hydrogens is 436 g/mol. The summed E-state index contributed by atoms with van der Waals surface area (Å²) in [5.74, 6) is 0.723. The summed E-state index contributed by atoms with van der Waals surface area (Å²) in [5, 5.41) is 6.46. The first-order chi connectivity index (χ1) is 16.1. The van der Waals surface area contributed by atoms with E-state index in [0.29, 0.717) is 29.6 Å². The number of aromatic nitrogens is 2. The molecule has 0 saturated heterocycles. The van der Waals surface area contributed by atoms with E-state index in [2.05, 4.69) is 15.6 Å². The molecule has 0 unspecified atom stereocenters. The van der Waals surface area contributed by atoms with E-state index in [4.69, 9.17) is 4.42 Å². The lowest BCUT2D eigenvalue weighted by Crippen LogP contribution is -2.24. The van der Waals surface area contributed by atoms with Gasteiger partial charge < -0.3 is 15.1 Å². The van der Waals surface area contributed by atoms with Crippen molar-refractivity contribution < 1.29 is 14.0 Å². The van der Waals surface area contributed by atoms with Gasteiger partial charge in [-0.15, -0.1) is 0 Å². The standard InChI is InChI=1S/C25H24N4O3S/c1-18-4-6-19(7-5-18)15-27-23(30)17-33-25-26-12-13-29(25)21-10-8-20(9-11-21)24(31)28-16-22-3-2-14-32-22/h2-14H,15-17H2,1H3,(H,27,30)(H,28,31). The van der Waals surface area contributed by atoms with Crippen molar-refractivity contribution in [2.24, 2.45) is 0 Å². The summed E-state index contributed by atoms with van der Waals surface area (Å²) in [6.45, 7) is 2.87. The van der Waals surface area contributed by atoms with Crippen molar-refractivity contribution in [1.82, 2.24) is 20.2 Å². The maximum Gasteiger partial charge on any atom is 0.251 e. The predicted octanol–water partition coefficient (Wildman–Crippen LogP) is 4.11. The van der Waals surface area contributed by atoms with Crippen LogP contribution in [0.5, 0.6) is 0 Å². The predicted molar refractivity (Wildman–Crippen MR) is 127 cm³/mol. The van der Waals surface area contributed by atoms with Crippen LogP contribution < -0.4 is 10.6 Å². The molecule has 8 heteroatoms. The molecule has 0 aliphatic rings. The third kappa shape index (κ3) is 6.14. The molecule has 0 aliphatic heterocycles. The van der Waals surface area contributed by atoms with E-state index in [1.54, 1.807) is 30.7 Å². The molecule has 2 heterocycles. The lowest BCUT2D eigenvalue weighted by molar-refractivity contribution is -0.118. The molecular formula is C25H24N4O3S. The molecule has 0 radical (unpaired) electrons. The Kier molecular flexibility index (Phi) is 7.26. The van der Waals surface area contributed by atoms with Gasteiger partial charge in [-0.3, -0.25) is 14.2 Å². The van der Waals surface area contributed by atoms with E-state index >= 15 is 0 Å². The first-order valence-corrected chi connectivity index (χ1v) is 11.5. The zero-order valence-electron chi connectivity index (χ0n) is 18.2. The highest BCUT2D eigenvalue weighted by Crippen LogP contribution is 2.21.